The number of rotatable bonds is 3. The molecule has 1 saturated heterocycles. The Hall–Kier alpha value is -3.76. The lowest BCUT2D eigenvalue weighted by molar-refractivity contribution is 0.0687. The van der Waals surface area contributed by atoms with Crippen molar-refractivity contribution in [2.75, 3.05) is 19.7 Å². The number of halogens is 3. The molecule has 1 aromatic carbocycles. The molecule has 2 aliphatic rings. The molecule has 3 heterocycles. The zero-order chi connectivity index (χ0) is 22.4. The molecule has 0 radical (unpaired) electrons. The van der Waals surface area contributed by atoms with Crippen LogP contribution in [0.25, 0.3) is 0 Å². The van der Waals surface area contributed by atoms with Crippen molar-refractivity contribution < 1.29 is 32.6 Å². The summed E-state index contributed by atoms with van der Waals surface area (Å²) in [6.45, 7) is 3.70. The molecule has 2 amide bonds. The Labute approximate surface area is 173 Å². The molecule has 2 aromatic rings. The maximum Gasteiger partial charge on any atom is 0.274 e. The zero-order valence-electron chi connectivity index (χ0n) is 16.0. The van der Waals surface area contributed by atoms with Crippen LogP contribution in [0.4, 0.5) is 13.2 Å². The number of aromatic hydroxyl groups is 1. The maximum absolute atomic E-state index is 13.8. The Balaban J connectivity index is 1.70. The number of nitrogens with zero attached hydrogens (tertiary/aromatic N) is 2. The molecule has 2 N–H and O–H groups in total. The van der Waals surface area contributed by atoms with Crippen LogP contribution in [-0.4, -0.2) is 46.1 Å². The molecule has 1 aromatic heterocycles. The van der Waals surface area contributed by atoms with E-state index < -0.39 is 64.2 Å². The van der Waals surface area contributed by atoms with E-state index >= 15 is 0 Å². The van der Waals surface area contributed by atoms with Gasteiger partial charge in [0.25, 0.3) is 11.8 Å². The fraction of sp³-hybridized carbons (Fsp3) is 0.250. The molecule has 0 unspecified atom stereocenters. The average Bonchev–Trinajstić information content (AvgIpc) is 2.87. The number of fused-ring (bicyclic) bond motifs is 4. The van der Waals surface area contributed by atoms with Gasteiger partial charge >= 0.3 is 0 Å². The fourth-order valence-corrected chi connectivity index (χ4v) is 3.61. The van der Waals surface area contributed by atoms with Gasteiger partial charge in [0, 0.05) is 37.0 Å². The van der Waals surface area contributed by atoms with E-state index in [0.29, 0.717) is 12.1 Å². The Morgan fingerprint density at radius 3 is 2.61 bits per heavy atom. The van der Waals surface area contributed by atoms with Crippen LogP contribution < -0.4 is 10.7 Å². The summed E-state index contributed by atoms with van der Waals surface area (Å²) in [4.78, 5) is 39.2. The van der Waals surface area contributed by atoms with Gasteiger partial charge in [0.1, 0.15) is 41.4 Å². The monoisotopic (exact) mass is 435 g/mol. The lowest BCUT2D eigenvalue weighted by Crippen LogP contribution is -2.45. The van der Waals surface area contributed by atoms with E-state index in [2.05, 4.69) is 11.9 Å². The van der Waals surface area contributed by atoms with E-state index in [0.717, 1.165) is 6.20 Å². The Bertz CT molecular complexity index is 1170. The number of pyridine rings is 1. The van der Waals surface area contributed by atoms with Gasteiger partial charge in [-0.15, -0.1) is 0 Å². The zero-order valence-corrected chi connectivity index (χ0v) is 16.0. The van der Waals surface area contributed by atoms with Gasteiger partial charge in [0.2, 0.25) is 5.43 Å². The first-order valence-corrected chi connectivity index (χ1v) is 9.19. The van der Waals surface area contributed by atoms with Crippen LogP contribution >= 0.6 is 0 Å². The molecule has 11 heteroatoms. The third kappa shape index (κ3) is 3.41. The van der Waals surface area contributed by atoms with E-state index in [4.69, 9.17) is 4.74 Å². The minimum absolute atomic E-state index is 0.167. The van der Waals surface area contributed by atoms with Crippen LogP contribution in [0.2, 0.25) is 0 Å². The number of carbonyl (C=O) groups excluding carboxylic acids is 2. The number of amides is 2. The van der Waals surface area contributed by atoms with E-state index in [1.807, 2.05) is 0 Å². The highest BCUT2D eigenvalue weighted by Crippen LogP contribution is 2.32. The first kappa shape index (κ1) is 20.5. The highest BCUT2D eigenvalue weighted by molar-refractivity contribution is 5.99. The number of hydrogen-bond acceptors (Lipinski definition) is 5. The van der Waals surface area contributed by atoms with Gasteiger partial charge < -0.3 is 24.6 Å². The molecule has 31 heavy (non-hydrogen) atoms. The molecule has 0 aliphatic carbocycles. The summed E-state index contributed by atoms with van der Waals surface area (Å²) in [7, 11) is 0. The maximum atomic E-state index is 13.8. The first-order valence-electron chi connectivity index (χ1n) is 9.19. The molecular weight excluding hydrogens is 419 g/mol. The third-order valence-electron chi connectivity index (χ3n) is 5.23. The molecule has 2 aliphatic heterocycles. The summed E-state index contributed by atoms with van der Waals surface area (Å²) >= 11 is 0. The van der Waals surface area contributed by atoms with E-state index in [1.54, 1.807) is 0 Å². The number of aromatic nitrogens is 1. The van der Waals surface area contributed by atoms with Crippen LogP contribution in [0, 0.1) is 17.5 Å². The number of nitrogens with one attached hydrogen (secondary N) is 1. The van der Waals surface area contributed by atoms with Crippen LogP contribution in [0.5, 0.6) is 5.75 Å². The van der Waals surface area contributed by atoms with Crippen molar-refractivity contribution in [3.63, 3.8) is 0 Å². The molecule has 1 atom stereocenters. The molecule has 0 spiro atoms. The molecular formula is C20H16F3N3O5. The summed E-state index contributed by atoms with van der Waals surface area (Å²) in [5.41, 5.74) is -2.58. The summed E-state index contributed by atoms with van der Waals surface area (Å²) in [6.07, 6.45) is 1.07. The summed E-state index contributed by atoms with van der Waals surface area (Å²) in [5, 5.41) is 12.6. The van der Waals surface area contributed by atoms with E-state index in [-0.39, 0.29) is 31.1 Å². The van der Waals surface area contributed by atoms with Gasteiger partial charge in [-0.05, 0) is 0 Å². The number of carbonyl (C=O) groups is 2. The largest absolute Gasteiger partial charge is 0.503 e. The quantitative estimate of drug-likeness (QED) is 0.760. The van der Waals surface area contributed by atoms with Gasteiger partial charge in [0.15, 0.2) is 11.4 Å². The van der Waals surface area contributed by atoms with Crippen molar-refractivity contribution in [2.24, 2.45) is 0 Å². The summed E-state index contributed by atoms with van der Waals surface area (Å²) < 4.78 is 47.3. The van der Waals surface area contributed by atoms with Crippen molar-refractivity contribution in [3.05, 3.63) is 75.2 Å². The van der Waals surface area contributed by atoms with Gasteiger partial charge in [0.05, 0.1) is 6.54 Å². The minimum atomic E-state index is -1.21. The van der Waals surface area contributed by atoms with Crippen LogP contribution in [-0.2, 0) is 11.3 Å². The minimum Gasteiger partial charge on any atom is -0.503 e. The van der Waals surface area contributed by atoms with E-state index in [9.17, 15) is 32.7 Å². The van der Waals surface area contributed by atoms with Gasteiger partial charge in [-0.3, -0.25) is 14.4 Å². The first-order chi connectivity index (χ1) is 14.7. The normalized spacial score (nSPS) is 17.6. The van der Waals surface area contributed by atoms with Crippen molar-refractivity contribution >= 4 is 11.8 Å². The molecule has 8 nitrogen and oxygen atoms in total. The molecule has 4 rings (SSSR count). The predicted molar refractivity (Wildman–Crippen MR) is 99.9 cm³/mol. The summed E-state index contributed by atoms with van der Waals surface area (Å²) in [6, 6.07) is 0.263. The lowest BCUT2D eigenvalue weighted by Gasteiger charge is -2.33. The molecule has 1 fully saturated rings. The second-order valence-electron chi connectivity index (χ2n) is 7.09. The van der Waals surface area contributed by atoms with Gasteiger partial charge in [-0.25, -0.2) is 13.2 Å². The average molecular weight is 435 g/mol. The van der Waals surface area contributed by atoms with Crippen molar-refractivity contribution in [1.82, 2.24) is 14.8 Å². The number of hydrogen-bond donors (Lipinski definition) is 2. The van der Waals surface area contributed by atoms with Gasteiger partial charge in [-0.1, -0.05) is 6.58 Å². The Kier molecular flexibility index (Phi) is 4.96. The van der Waals surface area contributed by atoms with Crippen molar-refractivity contribution in [1.29, 1.82) is 0 Å². The fourth-order valence-electron chi connectivity index (χ4n) is 3.61. The number of benzene rings is 1. The second kappa shape index (κ2) is 7.49. The molecule has 162 valence electrons. The van der Waals surface area contributed by atoms with Crippen molar-refractivity contribution in [2.45, 2.75) is 12.6 Å². The SMILES string of the molecule is C=C1OCCN2C[C@H]1n1cc(C(=O)NCc3c(F)cc(F)cc3F)c(=O)c(O)c1C2=O. The van der Waals surface area contributed by atoms with Gasteiger partial charge in [-0.2, -0.15) is 0 Å². The second-order valence-corrected chi connectivity index (χ2v) is 7.09. The van der Waals surface area contributed by atoms with Crippen LogP contribution in [0.1, 0.15) is 32.5 Å². The topological polar surface area (TPSA) is 101 Å². The Morgan fingerprint density at radius 2 is 1.94 bits per heavy atom. The highest BCUT2D eigenvalue weighted by Gasteiger charge is 2.38. The van der Waals surface area contributed by atoms with Crippen LogP contribution in [0.15, 0.2) is 35.5 Å². The molecule has 0 saturated carbocycles. The van der Waals surface area contributed by atoms with Crippen molar-refractivity contribution in [3.8, 4) is 5.75 Å². The third-order valence-corrected chi connectivity index (χ3v) is 5.23. The van der Waals surface area contributed by atoms with Crippen LogP contribution in [0.3, 0.4) is 0 Å². The predicted octanol–water partition coefficient (Wildman–Crippen LogP) is 1.44. The standard InChI is InChI=1S/C20H16F3N3O5/c1-9-15-8-25(2-3-31-9)20(30)16-18(28)17(27)12(7-26(15)16)19(29)24-6-11-13(22)4-10(21)5-14(11)23/h4-5,7,15,28H,1-3,6,8H2,(H,24,29)/t15-/m1/s1. The lowest BCUT2D eigenvalue weighted by atomic mass is 10.1. The van der Waals surface area contributed by atoms with E-state index in [1.165, 1.54) is 9.47 Å². The smallest absolute Gasteiger partial charge is 0.274 e. The Morgan fingerprint density at radius 1 is 1.26 bits per heavy atom. The highest BCUT2D eigenvalue weighted by atomic mass is 19.1. The number of ether oxygens (including phenoxy) is 1. The molecule has 2 bridgehead atoms. The summed E-state index contributed by atoms with van der Waals surface area (Å²) in [5.74, 6) is -5.84.